The minimum atomic E-state index is -0.124. The van der Waals surface area contributed by atoms with E-state index in [0.717, 1.165) is 18.5 Å². The molecule has 0 aliphatic heterocycles. The molecule has 0 bridgehead atoms. The second-order valence-corrected chi connectivity index (χ2v) is 6.48. The number of guanidine groups is 1. The van der Waals surface area contributed by atoms with E-state index < -0.39 is 0 Å². The predicted molar refractivity (Wildman–Crippen MR) is 92.7 cm³/mol. The van der Waals surface area contributed by atoms with Crippen molar-refractivity contribution in [2.75, 3.05) is 6.54 Å². The van der Waals surface area contributed by atoms with Crippen LogP contribution in [0.15, 0.2) is 23.3 Å². The van der Waals surface area contributed by atoms with Crippen molar-refractivity contribution in [1.29, 1.82) is 0 Å². The molecule has 0 saturated carbocycles. The van der Waals surface area contributed by atoms with Crippen LogP contribution in [0.25, 0.3) is 0 Å². The van der Waals surface area contributed by atoms with Gasteiger partial charge in [0.25, 0.3) is 0 Å². The Kier molecular flexibility index (Phi) is 6.84. The first-order valence-corrected chi connectivity index (χ1v) is 7.55. The summed E-state index contributed by atoms with van der Waals surface area (Å²) in [5, 5.41) is 6.96. The zero-order valence-electron chi connectivity index (χ0n) is 12.6. The summed E-state index contributed by atoms with van der Waals surface area (Å²) in [6.45, 7) is 6.74. The summed E-state index contributed by atoms with van der Waals surface area (Å²) in [6.07, 6.45) is 3.36. The van der Waals surface area contributed by atoms with Crippen LogP contribution in [-0.2, 0) is 6.42 Å². The molecule has 0 saturated heterocycles. The highest BCUT2D eigenvalue weighted by Gasteiger charge is 2.12. The summed E-state index contributed by atoms with van der Waals surface area (Å²) in [4.78, 5) is 8.70. The zero-order chi connectivity index (χ0) is 15.9. The molecule has 1 rings (SSSR count). The molecular weight excluding hydrogens is 306 g/mol. The van der Waals surface area contributed by atoms with Crippen molar-refractivity contribution in [3.05, 3.63) is 29.0 Å². The highest BCUT2D eigenvalue weighted by atomic mass is 35.5. The third-order valence-corrected chi connectivity index (χ3v) is 2.86. The lowest BCUT2D eigenvalue weighted by Gasteiger charge is -2.23. The molecular formula is C14H22ClN5S. The maximum atomic E-state index is 6.07. The lowest BCUT2D eigenvalue weighted by molar-refractivity contribution is 0.505. The molecule has 0 spiro atoms. The van der Waals surface area contributed by atoms with Gasteiger partial charge >= 0.3 is 0 Å². The van der Waals surface area contributed by atoms with Gasteiger partial charge in [0.15, 0.2) is 11.1 Å². The van der Waals surface area contributed by atoms with Gasteiger partial charge in [0.1, 0.15) is 0 Å². The molecule has 7 heteroatoms. The van der Waals surface area contributed by atoms with Crippen molar-refractivity contribution in [2.24, 2.45) is 10.7 Å². The first kappa shape index (κ1) is 17.7. The first-order valence-electron chi connectivity index (χ1n) is 6.76. The van der Waals surface area contributed by atoms with Crippen LogP contribution in [0, 0.1) is 0 Å². The lowest BCUT2D eigenvalue weighted by Crippen LogP contribution is -2.50. The van der Waals surface area contributed by atoms with Crippen molar-refractivity contribution in [1.82, 2.24) is 15.6 Å². The fourth-order valence-corrected chi connectivity index (χ4v) is 1.93. The monoisotopic (exact) mass is 327 g/mol. The number of nitrogens with two attached hydrogens (primary N) is 1. The molecule has 1 aromatic heterocycles. The number of aliphatic imine (C=N–C) groups is 1. The van der Waals surface area contributed by atoms with Gasteiger partial charge in [-0.15, -0.1) is 0 Å². The Bertz CT molecular complexity index is 510. The molecule has 5 nitrogen and oxygen atoms in total. The van der Waals surface area contributed by atoms with Crippen LogP contribution in [0.5, 0.6) is 0 Å². The maximum absolute atomic E-state index is 6.07. The minimum Gasteiger partial charge on any atom is -0.376 e. The van der Waals surface area contributed by atoms with Gasteiger partial charge in [-0.2, -0.15) is 0 Å². The Morgan fingerprint density at radius 2 is 2.19 bits per heavy atom. The fraction of sp³-hybridized carbons (Fsp3) is 0.500. The Morgan fingerprint density at radius 3 is 2.76 bits per heavy atom. The van der Waals surface area contributed by atoms with E-state index >= 15 is 0 Å². The van der Waals surface area contributed by atoms with Crippen LogP contribution in [0.1, 0.15) is 32.9 Å². The molecule has 116 valence electrons. The Morgan fingerprint density at radius 1 is 1.48 bits per heavy atom. The van der Waals surface area contributed by atoms with Crippen molar-refractivity contribution >= 4 is 34.9 Å². The van der Waals surface area contributed by atoms with Crippen LogP contribution in [0.4, 0.5) is 0 Å². The molecule has 0 atom stereocenters. The van der Waals surface area contributed by atoms with E-state index in [1.807, 2.05) is 32.9 Å². The summed E-state index contributed by atoms with van der Waals surface area (Å²) in [5.41, 5.74) is 6.27. The SMILES string of the molecule is CC(C)(C)NC(=NCCCc1ncccc1Cl)NC(N)=S. The quantitative estimate of drug-likeness (QED) is 0.342. The maximum Gasteiger partial charge on any atom is 0.197 e. The van der Waals surface area contributed by atoms with E-state index in [1.54, 1.807) is 6.20 Å². The summed E-state index contributed by atoms with van der Waals surface area (Å²) < 4.78 is 0. The average molecular weight is 328 g/mol. The van der Waals surface area contributed by atoms with Gasteiger partial charge < -0.3 is 16.4 Å². The van der Waals surface area contributed by atoms with E-state index in [-0.39, 0.29) is 10.7 Å². The molecule has 4 N–H and O–H groups in total. The second kappa shape index (κ2) is 8.14. The van der Waals surface area contributed by atoms with Crippen molar-refractivity contribution < 1.29 is 0 Å². The Balaban J connectivity index is 2.54. The summed E-state index contributed by atoms with van der Waals surface area (Å²) >= 11 is 10.9. The van der Waals surface area contributed by atoms with Gasteiger partial charge in [-0.1, -0.05) is 11.6 Å². The van der Waals surface area contributed by atoms with Crippen LogP contribution in [0.2, 0.25) is 5.02 Å². The molecule has 0 amide bonds. The van der Waals surface area contributed by atoms with Crippen LogP contribution >= 0.6 is 23.8 Å². The van der Waals surface area contributed by atoms with Crippen molar-refractivity contribution in [3.63, 3.8) is 0 Å². The fourth-order valence-electron chi connectivity index (χ4n) is 1.62. The molecule has 0 radical (unpaired) electrons. The molecule has 1 heterocycles. The standard InChI is InChI=1S/C14H22ClN5S/c1-14(2,3)20-13(19-12(16)21)18-9-5-7-11-10(15)6-4-8-17-11/h4,6,8H,5,7,9H2,1-3H3,(H4,16,18,19,20,21). The van der Waals surface area contributed by atoms with Gasteiger partial charge in [-0.25, -0.2) is 0 Å². The number of pyridine rings is 1. The molecule has 0 aromatic carbocycles. The Hall–Kier alpha value is -1.40. The molecule has 21 heavy (non-hydrogen) atoms. The molecule has 0 aliphatic rings. The summed E-state index contributed by atoms with van der Waals surface area (Å²) in [7, 11) is 0. The third kappa shape index (κ3) is 7.82. The number of hydrogen-bond acceptors (Lipinski definition) is 3. The van der Waals surface area contributed by atoms with E-state index in [1.165, 1.54) is 0 Å². The molecule has 0 aliphatic carbocycles. The topological polar surface area (TPSA) is 75.3 Å². The molecule has 0 fully saturated rings. The number of rotatable bonds is 4. The Labute approximate surface area is 136 Å². The van der Waals surface area contributed by atoms with Gasteiger partial charge in [-0.05, 0) is 58.0 Å². The van der Waals surface area contributed by atoms with Crippen molar-refractivity contribution in [2.45, 2.75) is 39.2 Å². The molecule has 0 unspecified atom stereocenters. The lowest BCUT2D eigenvalue weighted by atomic mass is 10.1. The van der Waals surface area contributed by atoms with E-state index in [2.05, 4.69) is 20.6 Å². The van der Waals surface area contributed by atoms with Gasteiger partial charge in [0, 0.05) is 18.3 Å². The van der Waals surface area contributed by atoms with E-state index in [0.29, 0.717) is 17.5 Å². The van der Waals surface area contributed by atoms with Gasteiger partial charge in [0.05, 0.1) is 10.7 Å². The number of aromatic nitrogens is 1. The number of thiocarbonyl (C=S) groups is 1. The van der Waals surface area contributed by atoms with E-state index in [4.69, 9.17) is 29.6 Å². The number of hydrogen-bond donors (Lipinski definition) is 3. The number of halogens is 1. The second-order valence-electron chi connectivity index (χ2n) is 5.63. The predicted octanol–water partition coefficient (Wildman–Crippen LogP) is 2.24. The smallest absolute Gasteiger partial charge is 0.197 e. The van der Waals surface area contributed by atoms with Gasteiger partial charge in [0.2, 0.25) is 0 Å². The average Bonchev–Trinajstić information content (AvgIpc) is 2.33. The van der Waals surface area contributed by atoms with Crippen LogP contribution in [-0.4, -0.2) is 28.1 Å². The van der Waals surface area contributed by atoms with Crippen LogP contribution < -0.4 is 16.4 Å². The zero-order valence-corrected chi connectivity index (χ0v) is 14.2. The minimum absolute atomic E-state index is 0.124. The van der Waals surface area contributed by atoms with Crippen molar-refractivity contribution in [3.8, 4) is 0 Å². The summed E-state index contributed by atoms with van der Waals surface area (Å²) in [5.74, 6) is 0.585. The number of aryl methyl sites for hydroxylation is 1. The van der Waals surface area contributed by atoms with Crippen LogP contribution in [0.3, 0.4) is 0 Å². The number of nitrogens with zero attached hydrogens (tertiary/aromatic N) is 2. The number of nitrogens with one attached hydrogen (secondary N) is 2. The summed E-state index contributed by atoms with van der Waals surface area (Å²) in [6, 6.07) is 3.66. The largest absolute Gasteiger partial charge is 0.376 e. The highest BCUT2D eigenvalue weighted by molar-refractivity contribution is 7.80. The third-order valence-electron chi connectivity index (χ3n) is 2.41. The highest BCUT2D eigenvalue weighted by Crippen LogP contribution is 2.13. The van der Waals surface area contributed by atoms with E-state index in [9.17, 15) is 0 Å². The molecule has 1 aromatic rings. The normalized spacial score (nSPS) is 12.1. The van der Waals surface area contributed by atoms with Gasteiger partial charge in [-0.3, -0.25) is 9.98 Å². The first-order chi connectivity index (χ1) is 9.78.